The molecule has 8 nitrogen and oxygen atoms in total. The normalized spacial score (nSPS) is 20.9. The molecule has 0 aromatic heterocycles. The molecule has 4 aliphatic rings. The quantitative estimate of drug-likeness (QED) is 0.440. The third-order valence-electron chi connectivity index (χ3n) is 4.53. The third-order valence-corrected chi connectivity index (χ3v) is 5.40. The van der Waals surface area contributed by atoms with E-state index in [-0.39, 0.29) is 16.5 Å². The first-order valence-electron chi connectivity index (χ1n) is 8.68. The number of ketones is 2. The van der Waals surface area contributed by atoms with Gasteiger partial charge in [0.2, 0.25) is 11.6 Å². The summed E-state index contributed by atoms with van der Waals surface area (Å²) in [4.78, 5) is 30.4. The van der Waals surface area contributed by atoms with Crippen LogP contribution in [-0.2, 0) is 19.7 Å². The molecule has 1 aliphatic carbocycles. The lowest BCUT2D eigenvalue weighted by Crippen LogP contribution is -2.29. The van der Waals surface area contributed by atoms with Gasteiger partial charge in [0.05, 0.1) is 10.6 Å². The fourth-order valence-electron chi connectivity index (χ4n) is 2.87. The second-order valence-corrected chi connectivity index (χ2v) is 8.09. The number of carbonyl (C=O) groups is 2. The molecule has 3 heterocycles. The van der Waals surface area contributed by atoms with Crippen molar-refractivity contribution in [3.8, 4) is 0 Å². The summed E-state index contributed by atoms with van der Waals surface area (Å²) >= 11 is 0. The summed E-state index contributed by atoms with van der Waals surface area (Å²) in [6, 6.07) is 7.42. The Balaban J connectivity index is 0.000000155. The highest BCUT2D eigenvalue weighted by molar-refractivity contribution is 7.85. The van der Waals surface area contributed by atoms with E-state index in [9.17, 15) is 18.0 Å². The number of hydrogen-bond donors (Lipinski definition) is 1. The maximum absolute atomic E-state index is 12.4. The van der Waals surface area contributed by atoms with E-state index in [1.54, 1.807) is 18.2 Å². The van der Waals surface area contributed by atoms with Crippen molar-refractivity contribution in [1.29, 1.82) is 0 Å². The predicted octanol–water partition coefficient (Wildman–Crippen LogP) is 0.114. The van der Waals surface area contributed by atoms with Gasteiger partial charge in [0.25, 0.3) is 10.1 Å². The Bertz CT molecular complexity index is 956. The van der Waals surface area contributed by atoms with Crippen molar-refractivity contribution in [2.24, 2.45) is 0 Å². The van der Waals surface area contributed by atoms with Crippen LogP contribution in [0.25, 0.3) is 0 Å². The fourth-order valence-corrected chi connectivity index (χ4v) is 3.37. The van der Waals surface area contributed by atoms with Crippen molar-refractivity contribution in [2.75, 3.05) is 39.3 Å². The maximum Gasteiger partial charge on any atom is 0.294 e. The van der Waals surface area contributed by atoms with Gasteiger partial charge in [-0.1, -0.05) is 18.2 Å². The van der Waals surface area contributed by atoms with Gasteiger partial charge in [-0.15, -0.1) is 0 Å². The van der Waals surface area contributed by atoms with E-state index in [0.29, 0.717) is 17.1 Å². The second-order valence-electron chi connectivity index (χ2n) is 6.67. The molecule has 1 N–H and O–H groups in total. The molecule has 5 rings (SSSR count). The van der Waals surface area contributed by atoms with Crippen molar-refractivity contribution in [1.82, 2.24) is 14.7 Å². The number of carbonyl (C=O) groups excluding carboxylic acids is 2. The molecule has 3 fully saturated rings. The summed E-state index contributed by atoms with van der Waals surface area (Å²) in [5.74, 6) is 0.0485. The molecule has 1 aromatic rings. The SMILES string of the molecule is O=C1C=C(N2CC2)C(=O)C(N2CC2)=C1N1CC1.O=S(=O)(O)c1ccccc1. The van der Waals surface area contributed by atoms with Gasteiger partial charge < -0.3 is 14.7 Å². The van der Waals surface area contributed by atoms with Gasteiger partial charge in [0.1, 0.15) is 11.4 Å². The summed E-state index contributed by atoms with van der Waals surface area (Å²) in [6.07, 6.45) is 1.52. The summed E-state index contributed by atoms with van der Waals surface area (Å²) in [7, 11) is -4.00. The molecule has 27 heavy (non-hydrogen) atoms. The van der Waals surface area contributed by atoms with E-state index in [1.807, 2.05) is 14.7 Å². The smallest absolute Gasteiger partial charge is 0.294 e. The van der Waals surface area contributed by atoms with E-state index in [1.165, 1.54) is 18.2 Å². The minimum atomic E-state index is -4.00. The van der Waals surface area contributed by atoms with Crippen LogP contribution in [0.15, 0.2) is 58.4 Å². The first-order valence-corrected chi connectivity index (χ1v) is 10.1. The summed E-state index contributed by atoms with van der Waals surface area (Å²) < 4.78 is 29.2. The zero-order valence-corrected chi connectivity index (χ0v) is 15.4. The van der Waals surface area contributed by atoms with Crippen molar-refractivity contribution in [3.05, 3.63) is 53.5 Å². The summed E-state index contributed by atoms with van der Waals surface area (Å²) in [5, 5.41) is 0. The van der Waals surface area contributed by atoms with Gasteiger partial charge in [0.15, 0.2) is 0 Å². The number of rotatable bonds is 4. The van der Waals surface area contributed by atoms with Gasteiger partial charge in [0, 0.05) is 45.3 Å². The van der Waals surface area contributed by atoms with Gasteiger partial charge in [-0.05, 0) is 12.1 Å². The molecule has 0 amide bonds. The number of benzene rings is 1. The number of hydrogen-bond acceptors (Lipinski definition) is 7. The average Bonchev–Trinajstić information content (AvgIpc) is 3.48. The van der Waals surface area contributed by atoms with Crippen molar-refractivity contribution < 1.29 is 22.6 Å². The van der Waals surface area contributed by atoms with Gasteiger partial charge in [-0.3, -0.25) is 14.1 Å². The topological polar surface area (TPSA) is 97.5 Å². The van der Waals surface area contributed by atoms with Crippen LogP contribution in [0.2, 0.25) is 0 Å². The number of allylic oxidation sites excluding steroid dienone is 1. The molecule has 0 radical (unpaired) electrons. The van der Waals surface area contributed by atoms with Crippen molar-refractivity contribution >= 4 is 21.7 Å². The Kier molecular flexibility index (Phi) is 4.27. The van der Waals surface area contributed by atoms with E-state index < -0.39 is 10.1 Å². The first kappa shape index (κ1) is 17.7. The highest BCUT2D eigenvalue weighted by atomic mass is 32.2. The van der Waals surface area contributed by atoms with Crippen LogP contribution in [-0.4, -0.2) is 78.5 Å². The Morgan fingerprint density at radius 3 is 1.74 bits per heavy atom. The zero-order valence-electron chi connectivity index (χ0n) is 14.5. The van der Waals surface area contributed by atoms with E-state index in [2.05, 4.69) is 0 Å². The van der Waals surface area contributed by atoms with Crippen LogP contribution < -0.4 is 0 Å². The molecule has 0 unspecified atom stereocenters. The fraction of sp³-hybridized carbons (Fsp3) is 0.333. The van der Waals surface area contributed by atoms with Crippen molar-refractivity contribution in [3.63, 3.8) is 0 Å². The molecule has 3 saturated heterocycles. The summed E-state index contributed by atoms with van der Waals surface area (Å²) in [6.45, 7) is 5.41. The Morgan fingerprint density at radius 2 is 1.30 bits per heavy atom. The molecule has 0 saturated carbocycles. The molecule has 0 bridgehead atoms. The van der Waals surface area contributed by atoms with Gasteiger partial charge in [-0.2, -0.15) is 8.42 Å². The van der Waals surface area contributed by atoms with Crippen LogP contribution in [0.4, 0.5) is 0 Å². The molecule has 1 aromatic carbocycles. The summed E-state index contributed by atoms with van der Waals surface area (Å²) in [5.41, 5.74) is 1.89. The molecule has 9 heteroatoms. The van der Waals surface area contributed by atoms with Crippen molar-refractivity contribution in [2.45, 2.75) is 4.90 Å². The lowest BCUT2D eigenvalue weighted by molar-refractivity contribution is -0.117. The lowest BCUT2D eigenvalue weighted by atomic mass is 10.0. The monoisotopic (exact) mass is 389 g/mol. The lowest BCUT2D eigenvalue weighted by Gasteiger charge is -2.21. The van der Waals surface area contributed by atoms with Crippen LogP contribution in [0.1, 0.15) is 0 Å². The molecular formula is C18H19N3O5S. The van der Waals surface area contributed by atoms with E-state index in [0.717, 1.165) is 39.3 Å². The van der Waals surface area contributed by atoms with Crippen LogP contribution in [0.5, 0.6) is 0 Å². The molecular weight excluding hydrogens is 370 g/mol. The van der Waals surface area contributed by atoms with E-state index >= 15 is 0 Å². The molecule has 0 spiro atoms. The highest BCUT2D eigenvalue weighted by Gasteiger charge is 2.43. The minimum Gasteiger partial charge on any atom is -0.365 e. The van der Waals surface area contributed by atoms with Gasteiger partial charge >= 0.3 is 0 Å². The number of Topliss-reactive ketones (excluding diaryl/α,β-unsaturated/α-hetero) is 1. The Hall–Kier alpha value is -2.65. The Morgan fingerprint density at radius 1 is 0.778 bits per heavy atom. The van der Waals surface area contributed by atoms with E-state index in [4.69, 9.17) is 4.55 Å². The highest BCUT2D eigenvalue weighted by Crippen LogP contribution is 2.33. The zero-order chi connectivity index (χ0) is 19.2. The molecule has 3 aliphatic heterocycles. The predicted molar refractivity (Wildman–Crippen MR) is 96.1 cm³/mol. The first-order chi connectivity index (χ1) is 12.9. The minimum absolute atomic E-state index is 0.00546. The maximum atomic E-state index is 12.4. The Labute approximate surface area is 157 Å². The second kappa shape index (κ2) is 6.50. The van der Waals surface area contributed by atoms with Crippen LogP contribution in [0, 0.1) is 0 Å². The molecule has 0 atom stereocenters. The standard InChI is InChI=1S/C12H13N3O2.C6H6O3S/c16-9-7-8(13-1-2-13)12(17)11(15-5-6-15)10(9)14-3-4-14;7-10(8,9)6-4-2-1-3-5-6/h7H,1-6H2;1-5H,(H,7,8,9). The third kappa shape index (κ3) is 3.88. The largest absolute Gasteiger partial charge is 0.365 e. The number of nitrogens with zero attached hydrogens (tertiary/aromatic N) is 3. The molecule has 142 valence electrons. The average molecular weight is 389 g/mol. The van der Waals surface area contributed by atoms with Crippen LogP contribution in [0.3, 0.4) is 0 Å². The van der Waals surface area contributed by atoms with Crippen LogP contribution >= 0.6 is 0 Å². The van der Waals surface area contributed by atoms with Gasteiger partial charge in [-0.25, -0.2) is 0 Å².